The zero-order valence-electron chi connectivity index (χ0n) is 15.6. The van der Waals surface area contributed by atoms with Crippen LogP contribution >= 0.6 is 0 Å². The van der Waals surface area contributed by atoms with Gasteiger partial charge < -0.3 is 4.74 Å². The number of rotatable bonds is 0. The van der Waals surface area contributed by atoms with E-state index in [1.54, 1.807) is 5.57 Å². The smallest absolute Gasteiger partial charge is 0.306 e. The molecule has 10 atom stereocenters. The minimum atomic E-state index is -0.118. The van der Waals surface area contributed by atoms with Crippen molar-refractivity contribution in [2.75, 3.05) is 0 Å². The molecular weight excluding hydrogens is 324 g/mol. The molecule has 3 nitrogen and oxygen atoms in total. The van der Waals surface area contributed by atoms with E-state index >= 15 is 0 Å². The van der Waals surface area contributed by atoms with Crippen LogP contribution in [0, 0.1) is 52.8 Å². The molecule has 138 valence electrons. The van der Waals surface area contributed by atoms with Crippen LogP contribution in [0.2, 0.25) is 0 Å². The molecule has 3 heteroatoms. The van der Waals surface area contributed by atoms with Gasteiger partial charge in [0.25, 0.3) is 0 Å². The number of hydrogen-bond donors (Lipinski definition) is 0. The van der Waals surface area contributed by atoms with Crippen LogP contribution < -0.4 is 0 Å². The molecule has 0 amide bonds. The number of fused-ring (bicyclic) bond motifs is 12. The third-order valence-electron chi connectivity index (χ3n) is 10.2. The van der Waals surface area contributed by atoms with E-state index in [0.717, 1.165) is 48.9 Å². The third kappa shape index (κ3) is 1.49. The van der Waals surface area contributed by atoms with Gasteiger partial charge in [-0.3, -0.25) is 9.59 Å². The van der Waals surface area contributed by atoms with Crippen LogP contribution in [0.4, 0.5) is 0 Å². The highest BCUT2D eigenvalue weighted by atomic mass is 16.6. The highest BCUT2D eigenvalue weighted by Gasteiger charge is 2.80. The molecular formula is C23H28O3. The van der Waals surface area contributed by atoms with Crippen molar-refractivity contribution >= 4 is 11.8 Å². The second-order valence-electron chi connectivity index (χ2n) is 10.9. The molecule has 0 bridgehead atoms. The third-order valence-corrected chi connectivity index (χ3v) is 10.2. The minimum Gasteiger partial charge on any atom is -0.458 e. The van der Waals surface area contributed by atoms with E-state index in [4.69, 9.17) is 4.74 Å². The Kier molecular flexibility index (Phi) is 2.46. The second-order valence-corrected chi connectivity index (χ2v) is 10.9. The first kappa shape index (κ1) is 14.9. The van der Waals surface area contributed by atoms with Crippen LogP contribution in [0.15, 0.2) is 11.6 Å². The van der Waals surface area contributed by atoms with Gasteiger partial charge in [0, 0.05) is 24.2 Å². The van der Waals surface area contributed by atoms with Gasteiger partial charge in [-0.25, -0.2) is 0 Å². The summed E-state index contributed by atoms with van der Waals surface area (Å²) in [5.74, 6) is 6.54. The first-order valence-corrected chi connectivity index (χ1v) is 11.0. The lowest BCUT2D eigenvalue weighted by molar-refractivity contribution is -0.174. The summed E-state index contributed by atoms with van der Waals surface area (Å²) in [7, 11) is 0. The molecule has 0 N–H and O–H groups in total. The van der Waals surface area contributed by atoms with E-state index in [9.17, 15) is 9.59 Å². The molecule has 7 rings (SSSR count). The predicted octanol–water partition coefficient (Wildman–Crippen LogP) is 3.92. The van der Waals surface area contributed by atoms with Crippen molar-refractivity contribution in [3.63, 3.8) is 0 Å². The summed E-state index contributed by atoms with van der Waals surface area (Å²) in [5, 5.41) is 0. The zero-order valence-corrected chi connectivity index (χ0v) is 15.6. The Balaban J connectivity index is 1.31. The van der Waals surface area contributed by atoms with Crippen molar-refractivity contribution in [1.82, 2.24) is 0 Å². The average molecular weight is 352 g/mol. The molecule has 0 aromatic heterocycles. The molecule has 5 saturated carbocycles. The van der Waals surface area contributed by atoms with Crippen molar-refractivity contribution in [1.29, 1.82) is 0 Å². The molecule has 7 aliphatic rings. The van der Waals surface area contributed by atoms with Gasteiger partial charge >= 0.3 is 5.97 Å². The van der Waals surface area contributed by atoms with Crippen LogP contribution in [0.3, 0.4) is 0 Å². The quantitative estimate of drug-likeness (QED) is 0.621. The number of esters is 1. The maximum atomic E-state index is 12.1. The van der Waals surface area contributed by atoms with Gasteiger partial charge in [-0.15, -0.1) is 0 Å². The topological polar surface area (TPSA) is 43.4 Å². The van der Waals surface area contributed by atoms with E-state index in [0.29, 0.717) is 30.0 Å². The maximum Gasteiger partial charge on any atom is 0.306 e. The Morgan fingerprint density at radius 2 is 1.88 bits per heavy atom. The summed E-state index contributed by atoms with van der Waals surface area (Å²) >= 11 is 0. The molecule has 6 aliphatic carbocycles. The molecule has 0 aromatic carbocycles. The summed E-state index contributed by atoms with van der Waals surface area (Å²) in [4.78, 5) is 24.1. The molecule has 9 unspecified atom stereocenters. The van der Waals surface area contributed by atoms with E-state index in [2.05, 4.69) is 13.0 Å². The zero-order chi connectivity index (χ0) is 17.4. The molecule has 1 heterocycles. The van der Waals surface area contributed by atoms with Gasteiger partial charge in [-0.2, -0.15) is 0 Å². The number of carbonyl (C=O) groups excluding carboxylic acids is 2. The SMILES string of the molecule is C[C@]12CCC3C4CCC(=O)C=C4C4CC4C3C1C1CC1C21CCC(=O)O1. The Morgan fingerprint density at radius 1 is 1.00 bits per heavy atom. The molecule has 1 spiro atoms. The van der Waals surface area contributed by atoms with Crippen LogP contribution in [-0.2, 0) is 14.3 Å². The molecule has 0 aromatic rings. The van der Waals surface area contributed by atoms with Crippen molar-refractivity contribution in [2.45, 2.75) is 63.9 Å². The number of ether oxygens (including phenoxy) is 1. The Labute approximate surface area is 154 Å². The van der Waals surface area contributed by atoms with Gasteiger partial charge in [-0.1, -0.05) is 12.5 Å². The van der Waals surface area contributed by atoms with E-state index in [1.165, 1.54) is 25.7 Å². The van der Waals surface area contributed by atoms with Crippen LogP contribution in [0.5, 0.6) is 0 Å². The summed E-state index contributed by atoms with van der Waals surface area (Å²) in [5.41, 5.74) is 1.64. The first-order valence-electron chi connectivity index (χ1n) is 11.0. The number of allylic oxidation sites excluding steroid dienone is 1. The highest BCUT2D eigenvalue weighted by Crippen LogP contribution is 2.81. The van der Waals surface area contributed by atoms with Gasteiger partial charge in [0.05, 0.1) is 0 Å². The lowest BCUT2D eigenvalue weighted by Crippen LogP contribution is -2.55. The number of hydrogen-bond acceptors (Lipinski definition) is 3. The van der Waals surface area contributed by atoms with Crippen molar-refractivity contribution in [3.8, 4) is 0 Å². The molecule has 1 aliphatic heterocycles. The van der Waals surface area contributed by atoms with E-state index < -0.39 is 0 Å². The molecule has 26 heavy (non-hydrogen) atoms. The molecule has 0 radical (unpaired) electrons. The van der Waals surface area contributed by atoms with Crippen LogP contribution in [-0.4, -0.2) is 17.4 Å². The van der Waals surface area contributed by atoms with Crippen LogP contribution in [0.25, 0.3) is 0 Å². The summed E-state index contributed by atoms with van der Waals surface area (Å²) in [6.07, 6.45) is 10.7. The van der Waals surface area contributed by atoms with Crippen molar-refractivity contribution in [3.05, 3.63) is 11.6 Å². The van der Waals surface area contributed by atoms with E-state index in [-0.39, 0.29) is 17.0 Å². The van der Waals surface area contributed by atoms with Crippen molar-refractivity contribution in [2.24, 2.45) is 52.8 Å². The fourth-order valence-electron chi connectivity index (χ4n) is 9.35. The normalized spacial score (nSPS) is 61.0. The van der Waals surface area contributed by atoms with Gasteiger partial charge in [0.15, 0.2) is 5.78 Å². The Hall–Kier alpha value is -1.12. The Morgan fingerprint density at radius 3 is 2.69 bits per heavy atom. The molecule has 6 fully saturated rings. The second kappa shape index (κ2) is 4.31. The monoisotopic (exact) mass is 352 g/mol. The van der Waals surface area contributed by atoms with Gasteiger partial charge in [0.1, 0.15) is 5.60 Å². The fourth-order valence-corrected chi connectivity index (χ4v) is 9.35. The van der Waals surface area contributed by atoms with Crippen LogP contribution in [0.1, 0.15) is 58.3 Å². The largest absolute Gasteiger partial charge is 0.458 e. The Bertz CT molecular complexity index is 782. The first-order chi connectivity index (χ1) is 12.5. The van der Waals surface area contributed by atoms with Crippen molar-refractivity contribution < 1.29 is 14.3 Å². The molecule has 1 saturated heterocycles. The average Bonchev–Trinajstić information content (AvgIpc) is 3.51. The summed E-state index contributed by atoms with van der Waals surface area (Å²) < 4.78 is 6.19. The van der Waals surface area contributed by atoms with Gasteiger partial charge in [0.2, 0.25) is 0 Å². The fraction of sp³-hybridized carbons (Fsp3) is 0.826. The lowest BCUT2D eigenvalue weighted by Gasteiger charge is -2.57. The van der Waals surface area contributed by atoms with E-state index in [1.807, 2.05) is 0 Å². The predicted molar refractivity (Wildman–Crippen MR) is 94.9 cm³/mol. The lowest BCUT2D eigenvalue weighted by atomic mass is 9.49. The summed E-state index contributed by atoms with van der Waals surface area (Å²) in [6, 6.07) is 0. The number of carbonyl (C=O) groups is 2. The van der Waals surface area contributed by atoms with Gasteiger partial charge in [-0.05, 0) is 86.0 Å². The summed E-state index contributed by atoms with van der Waals surface area (Å²) in [6.45, 7) is 2.49. The minimum absolute atomic E-state index is 0.0589. The highest BCUT2D eigenvalue weighted by molar-refractivity contribution is 5.91. The maximum absolute atomic E-state index is 12.1. The standard InChI is InChI=1S/C23H28O3/c1-22-6-4-13-12-3-2-11(24)8-14(12)15-9-16(15)20(13)21(22)17-10-18(17)23(22)7-5-19(25)26-23/h8,12-13,15-18,20-21H,2-7,9-10H2,1H3/t12?,13?,15?,16?,17?,18?,20?,21?,22-,23?/m0/s1. The number of ketones is 1.